The Hall–Kier alpha value is -3.11. The molecule has 0 spiro atoms. The Kier molecular flexibility index (Phi) is 5.36. The largest absolute Gasteiger partial charge is 0.573 e. The molecule has 31 heavy (non-hydrogen) atoms. The van der Waals surface area contributed by atoms with E-state index in [1.807, 2.05) is 0 Å². The number of thiazole rings is 1. The second-order valence-corrected chi connectivity index (χ2v) is 8.33. The highest BCUT2D eigenvalue weighted by Gasteiger charge is 2.32. The summed E-state index contributed by atoms with van der Waals surface area (Å²) in [5.41, 5.74) is 0.480. The smallest absolute Gasteiger partial charge is 0.477 e. The third-order valence-corrected chi connectivity index (χ3v) is 5.63. The fourth-order valence-electron chi connectivity index (χ4n) is 3.33. The molecule has 0 bridgehead atoms. The van der Waals surface area contributed by atoms with Crippen LogP contribution in [0, 0.1) is 6.92 Å². The van der Waals surface area contributed by atoms with Crippen molar-refractivity contribution in [3.05, 3.63) is 74.1 Å². The summed E-state index contributed by atoms with van der Waals surface area (Å²) in [7, 11) is 0. The molecule has 3 aromatic heterocycles. The van der Waals surface area contributed by atoms with Crippen molar-refractivity contribution in [2.75, 3.05) is 0 Å². The van der Waals surface area contributed by atoms with Crippen LogP contribution in [0.4, 0.5) is 13.2 Å². The van der Waals surface area contributed by atoms with Crippen molar-refractivity contribution in [2.24, 2.45) is 0 Å². The van der Waals surface area contributed by atoms with Gasteiger partial charge in [0.05, 0.1) is 11.1 Å². The molecule has 0 atom stereocenters. The van der Waals surface area contributed by atoms with Gasteiger partial charge in [0, 0.05) is 17.3 Å². The van der Waals surface area contributed by atoms with Gasteiger partial charge in [-0.05, 0) is 31.2 Å². The number of halogens is 4. The summed E-state index contributed by atoms with van der Waals surface area (Å²) in [6.45, 7) is 1.93. The summed E-state index contributed by atoms with van der Waals surface area (Å²) in [6.07, 6.45) is -1.81. The van der Waals surface area contributed by atoms with E-state index in [1.54, 1.807) is 25.3 Å². The summed E-state index contributed by atoms with van der Waals surface area (Å²) in [5.74, 6) is -0.896. The molecule has 160 valence electrons. The van der Waals surface area contributed by atoms with E-state index in [9.17, 15) is 23.1 Å². The number of rotatable bonds is 4. The van der Waals surface area contributed by atoms with Gasteiger partial charge in [-0.1, -0.05) is 23.7 Å². The zero-order chi connectivity index (χ0) is 22.3. The van der Waals surface area contributed by atoms with Crippen LogP contribution in [0.25, 0.3) is 16.8 Å². The van der Waals surface area contributed by atoms with E-state index < -0.39 is 23.6 Å². The van der Waals surface area contributed by atoms with E-state index in [-0.39, 0.29) is 17.7 Å². The number of aromatic hydroxyl groups is 1. The van der Waals surface area contributed by atoms with E-state index in [2.05, 4.69) is 9.72 Å². The lowest BCUT2D eigenvalue weighted by Crippen LogP contribution is -2.41. The highest BCUT2D eigenvalue weighted by atomic mass is 35.5. The fraction of sp³-hybridized carbons (Fsp3) is 0.150. The molecule has 0 radical (unpaired) electrons. The standard InChI is InChI=1S/C20H13ClF3N3O3S/c1-11-4-3-7-26-16(11)27(10-14-9-25-19(21)31-14)18(29)15(17(26)28)12-5-2-6-13(8-12)30-20(22,23)24/h2-9H,10H2,1H3/p+1. The number of alkyl halides is 3. The Balaban J connectivity index is 1.97. The topological polar surface area (TPSA) is 67.7 Å². The number of hydrogen-bond donors (Lipinski definition) is 1. The first-order chi connectivity index (χ1) is 14.6. The average molecular weight is 469 g/mol. The van der Waals surface area contributed by atoms with Gasteiger partial charge in [0.25, 0.3) is 11.5 Å². The summed E-state index contributed by atoms with van der Waals surface area (Å²) in [4.78, 5) is 17.9. The third-order valence-electron chi connectivity index (χ3n) is 4.53. The predicted octanol–water partition coefficient (Wildman–Crippen LogP) is 4.32. The van der Waals surface area contributed by atoms with Crippen molar-refractivity contribution < 1.29 is 27.6 Å². The van der Waals surface area contributed by atoms with Gasteiger partial charge in [-0.25, -0.2) is 9.78 Å². The Morgan fingerprint density at radius 3 is 2.74 bits per heavy atom. The number of nitrogens with zero attached hydrogens (tertiary/aromatic N) is 3. The highest BCUT2D eigenvalue weighted by molar-refractivity contribution is 7.15. The minimum Gasteiger partial charge on any atom is -0.477 e. The van der Waals surface area contributed by atoms with E-state index >= 15 is 0 Å². The Morgan fingerprint density at radius 1 is 1.29 bits per heavy atom. The molecule has 0 fully saturated rings. The summed E-state index contributed by atoms with van der Waals surface area (Å²) >= 11 is 7.12. The van der Waals surface area contributed by atoms with Crippen molar-refractivity contribution >= 4 is 28.6 Å². The molecule has 0 amide bonds. The van der Waals surface area contributed by atoms with Crippen LogP contribution in [0.15, 0.2) is 53.6 Å². The Morgan fingerprint density at radius 2 is 2.06 bits per heavy atom. The molecule has 0 aliphatic heterocycles. The maximum atomic E-state index is 13.2. The average Bonchev–Trinajstić information content (AvgIpc) is 3.09. The van der Waals surface area contributed by atoms with Crippen LogP contribution in [0.1, 0.15) is 10.4 Å². The van der Waals surface area contributed by atoms with Crippen molar-refractivity contribution in [1.82, 2.24) is 9.38 Å². The second-order valence-electron chi connectivity index (χ2n) is 6.63. The quantitative estimate of drug-likeness (QED) is 0.453. The normalized spacial score (nSPS) is 11.8. The lowest BCUT2D eigenvalue weighted by Gasteiger charge is -2.12. The third kappa shape index (κ3) is 4.21. The highest BCUT2D eigenvalue weighted by Crippen LogP contribution is 2.30. The molecule has 0 unspecified atom stereocenters. The van der Waals surface area contributed by atoms with Gasteiger partial charge in [-0.2, -0.15) is 8.97 Å². The van der Waals surface area contributed by atoms with Gasteiger partial charge in [0.15, 0.2) is 10.0 Å². The first-order valence-electron chi connectivity index (χ1n) is 8.87. The predicted molar refractivity (Wildman–Crippen MR) is 109 cm³/mol. The first-order valence-corrected chi connectivity index (χ1v) is 10.1. The minimum atomic E-state index is -4.89. The monoisotopic (exact) mass is 468 g/mol. The van der Waals surface area contributed by atoms with Gasteiger partial charge in [-0.3, -0.25) is 0 Å². The second kappa shape index (κ2) is 7.86. The SMILES string of the molecule is Cc1cccn2c(=O)c(-c3cccc(OC(F)(F)F)c3)c(O)[n+](Cc3cnc(Cl)s3)c12. The van der Waals surface area contributed by atoms with Crippen molar-refractivity contribution in [1.29, 1.82) is 0 Å². The number of ether oxygens (including phenoxy) is 1. The lowest BCUT2D eigenvalue weighted by atomic mass is 10.1. The maximum Gasteiger partial charge on any atom is 0.573 e. The molecule has 0 aliphatic rings. The van der Waals surface area contributed by atoms with Gasteiger partial charge in [-0.15, -0.1) is 24.5 Å². The number of fused-ring (bicyclic) bond motifs is 1. The van der Waals surface area contributed by atoms with Gasteiger partial charge < -0.3 is 9.84 Å². The van der Waals surface area contributed by atoms with Crippen molar-refractivity contribution in [3.63, 3.8) is 0 Å². The Labute approximate surface area is 182 Å². The van der Waals surface area contributed by atoms with Gasteiger partial charge >= 0.3 is 11.9 Å². The molecule has 1 N–H and O–H groups in total. The molecule has 11 heteroatoms. The molecule has 3 heterocycles. The zero-order valence-corrected chi connectivity index (χ0v) is 17.4. The van der Waals surface area contributed by atoms with Crippen LogP contribution in [-0.4, -0.2) is 20.9 Å². The molecule has 6 nitrogen and oxygen atoms in total. The van der Waals surface area contributed by atoms with E-state index in [0.29, 0.717) is 20.6 Å². The molecule has 4 aromatic rings. The fourth-order valence-corrected chi connectivity index (χ4v) is 4.30. The number of hydrogen-bond acceptors (Lipinski definition) is 5. The van der Waals surface area contributed by atoms with Crippen LogP contribution in [0.5, 0.6) is 11.6 Å². The summed E-state index contributed by atoms with van der Waals surface area (Å²) in [5, 5.41) is 11.1. The summed E-state index contributed by atoms with van der Waals surface area (Å²) < 4.78 is 45.0. The van der Waals surface area contributed by atoms with E-state index in [4.69, 9.17) is 11.6 Å². The van der Waals surface area contributed by atoms with Crippen molar-refractivity contribution in [2.45, 2.75) is 19.8 Å². The number of aromatic nitrogens is 3. The number of benzene rings is 1. The van der Waals surface area contributed by atoms with Gasteiger partial charge in [0.1, 0.15) is 12.3 Å². The molecule has 1 aromatic carbocycles. The molecule has 4 rings (SSSR count). The number of pyridine rings is 1. The van der Waals surface area contributed by atoms with Crippen LogP contribution < -0.4 is 14.9 Å². The van der Waals surface area contributed by atoms with E-state index in [0.717, 1.165) is 12.1 Å². The molecular formula is C20H14ClF3N3O3S+. The first kappa shape index (κ1) is 21.1. The number of aryl methyl sites for hydroxylation is 1. The molecule has 0 aliphatic carbocycles. The molecule has 0 saturated carbocycles. The molecular weight excluding hydrogens is 455 g/mol. The van der Waals surface area contributed by atoms with Crippen LogP contribution in [0.2, 0.25) is 4.47 Å². The van der Waals surface area contributed by atoms with Gasteiger partial charge in [0.2, 0.25) is 0 Å². The van der Waals surface area contributed by atoms with Crippen LogP contribution in [0.3, 0.4) is 0 Å². The lowest BCUT2D eigenvalue weighted by molar-refractivity contribution is -0.671. The van der Waals surface area contributed by atoms with Crippen LogP contribution in [-0.2, 0) is 6.54 Å². The Bertz CT molecular complexity index is 1350. The zero-order valence-electron chi connectivity index (χ0n) is 15.9. The van der Waals surface area contributed by atoms with Crippen molar-refractivity contribution in [3.8, 4) is 22.8 Å². The van der Waals surface area contributed by atoms with E-state index in [1.165, 1.54) is 38.6 Å². The molecule has 0 saturated heterocycles. The van der Waals surface area contributed by atoms with Crippen LogP contribution >= 0.6 is 22.9 Å². The minimum absolute atomic E-state index is 0.0799. The maximum absolute atomic E-state index is 13.2. The summed E-state index contributed by atoms with van der Waals surface area (Å²) in [6, 6.07) is 8.36.